The number of hydrogen-bond donors (Lipinski definition) is 2. The first kappa shape index (κ1) is 24.6. The van der Waals surface area contributed by atoms with Gasteiger partial charge in [-0.25, -0.2) is 4.79 Å². The number of carbonyl (C=O) groups excluding carboxylic acids is 2. The third kappa shape index (κ3) is 4.45. The molecule has 0 unspecified atom stereocenters. The smallest absolute Gasteiger partial charge is 0.337 e. The van der Waals surface area contributed by atoms with E-state index in [-0.39, 0.29) is 24.1 Å². The van der Waals surface area contributed by atoms with Gasteiger partial charge in [0, 0.05) is 12.7 Å². The van der Waals surface area contributed by atoms with Crippen LogP contribution in [0.4, 0.5) is 11.4 Å². The van der Waals surface area contributed by atoms with Gasteiger partial charge in [-0.3, -0.25) is 19.3 Å². The lowest BCUT2D eigenvalue weighted by molar-refractivity contribution is 0.0600. The first-order valence-corrected chi connectivity index (χ1v) is 12.0. The maximum atomic E-state index is 13.2. The third-order valence-electron chi connectivity index (χ3n) is 6.44. The molecule has 0 aliphatic carbocycles. The van der Waals surface area contributed by atoms with Crippen LogP contribution in [0.1, 0.15) is 38.0 Å². The number of aromatic hydroxyl groups is 1. The van der Waals surface area contributed by atoms with Gasteiger partial charge in [0.25, 0.3) is 5.91 Å². The van der Waals surface area contributed by atoms with E-state index in [1.807, 2.05) is 65.7 Å². The maximum absolute atomic E-state index is 13.2. The molecule has 1 aliphatic rings. The van der Waals surface area contributed by atoms with Crippen LogP contribution in [0, 0.1) is 0 Å². The number of esters is 1. The van der Waals surface area contributed by atoms with Gasteiger partial charge in [0.2, 0.25) is 5.43 Å². The molecular formula is C29H26N4O5. The molecule has 1 amide bonds. The molecule has 0 saturated heterocycles. The molecule has 0 bridgehead atoms. The standard InChI is InChI=1S/C29H26N4O5/c1-31-18-33(24(19-10-5-3-6-11-19)20-12-7-4-8-13-20)32-17-23(26(34)27(35)25(32)28(31)36)30-22-15-9-14-21(16-22)29(37)38-2/h3-17,24,30,35H,18H2,1-2H3. The van der Waals surface area contributed by atoms with Crippen LogP contribution in [0.3, 0.4) is 0 Å². The Balaban J connectivity index is 1.66. The Bertz CT molecular complexity index is 1510. The quantitative estimate of drug-likeness (QED) is 0.380. The Kier molecular flexibility index (Phi) is 6.57. The van der Waals surface area contributed by atoms with E-state index in [0.29, 0.717) is 11.3 Å². The molecule has 9 heteroatoms. The molecule has 5 rings (SSSR count). The van der Waals surface area contributed by atoms with Crippen LogP contribution in [-0.2, 0) is 4.74 Å². The Labute approximate surface area is 219 Å². The molecule has 192 valence electrons. The molecule has 1 aliphatic heterocycles. The van der Waals surface area contributed by atoms with Gasteiger partial charge in [-0.2, -0.15) is 0 Å². The Morgan fingerprint density at radius 2 is 1.58 bits per heavy atom. The number of anilines is 2. The lowest BCUT2D eigenvalue weighted by Crippen LogP contribution is -2.54. The van der Waals surface area contributed by atoms with Crippen molar-refractivity contribution in [2.75, 3.05) is 31.2 Å². The number of amides is 1. The van der Waals surface area contributed by atoms with Crippen molar-refractivity contribution in [1.29, 1.82) is 0 Å². The summed E-state index contributed by atoms with van der Waals surface area (Å²) in [6.45, 7) is 0.194. The second-order valence-corrected chi connectivity index (χ2v) is 8.92. The highest BCUT2D eigenvalue weighted by molar-refractivity contribution is 5.96. The number of methoxy groups -OCH3 is 1. The summed E-state index contributed by atoms with van der Waals surface area (Å²) in [6.07, 6.45) is 1.51. The second-order valence-electron chi connectivity index (χ2n) is 8.92. The van der Waals surface area contributed by atoms with Crippen LogP contribution in [-0.4, -0.2) is 47.4 Å². The third-order valence-corrected chi connectivity index (χ3v) is 6.44. The molecule has 4 aromatic rings. The average molecular weight is 511 g/mol. The van der Waals surface area contributed by atoms with E-state index in [9.17, 15) is 19.5 Å². The largest absolute Gasteiger partial charge is 0.502 e. The Morgan fingerprint density at radius 3 is 2.18 bits per heavy atom. The normalized spacial score (nSPS) is 12.9. The summed E-state index contributed by atoms with van der Waals surface area (Å²) in [5, 5.41) is 15.9. The van der Waals surface area contributed by atoms with Gasteiger partial charge in [-0.1, -0.05) is 66.7 Å². The number of ether oxygens (including phenoxy) is 1. The number of aromatic nitrogens is 1. The van der Waals surface area contributed by atoms with Crippen molar-refractivity contribution >= 4 is 23.3 Å². The van der Waals surface area contributed by atoms with Crippen LogP contribution in [0.25, 0.3) is 0 Å². The highest BCUT2D eigenvalue weighted by Gasteiger charge is 2.36. The number of pyridine rings is 1. The monoisotopic (exact) mass is 510 g/mol. The van der Waals surface area contributed by atoms with E-state index >= 15 is 0 Å². The highest BCUT2D eigenvalue weighted by atomic mass is 16.5. The van der Waals surface area contributed by atoms with Crippen molar-refractivity contribution in [2.24, 2.45) is 0 Å². The molecule has 2 heterocycles. The molecule has 0 saturated carbocycles. The van der Waals surface area contributed by atoms with Crippen LogP contribution < -0.4 is 15.8 Å². The molecule has 3 aromatic carbocycles. The zero-order valence-corrected chi connectivity index (χ0v) is 20.9. The number of hydrogen-bond acceptors (Lipinski definition) is 7. The van der Waals surface area contributed by atoms with Gasteiger partial charge >= 0.3 is 5.97 Å². The average Bonchev–Trinajstić information content (AvgIpc) is 2.95. The summed E-state index contributed by atoms with van der Waals surface area (Å²) < 4.78 is 6.32. The number of nitrogens with one attached hydrogen (secondary N) is 1. The summed E-state index contributed by atoms with van der Waals surface area (Å²) in [6, 6.07) is 25.7. The Hall–Kier alpha value is -5.05. The fourth-order valence-corrected chi connectivity index (χ4v) is 4.62. The van der Waals surface area contributed by atoms with Crippen LogP contribution >= 0.6 is 0 Å². The molecule has 0 radical (unpaired) electrons. The van der Waals surface area contributed by atoms with E-state index in [1.165, 1.54) is 22.9 Å². The van der Waals surface area contributed by atoms with Crippen molar-refractivity contribution in [1.82, 2.24) is 9.58 Å². The maximum Gasteiger partial charge on any atom is 0.337 e. The molecule has 0 fully saturated rings. The van der Waals surface area contributed by atoms with E-state index in [1.54, 1.807) is 31.3 Å². The van der Waals surface area contributed by atoms with E-state index in [0.717, 1.165) is 11.1 Å². The highest BCUT2D eigenvalue weighted by Crippen LogP contribution is 2.33. The molecule has 0 spiro atoms. The van der Waals surface area contributed by atoms with Gasteiger partial charge < -0.3 is 20.1 Å². The molecule has 2 N–H and O–H groups in total. The van der Waals surface area contributed by atoms with E-state index in [4.69, 9.17) is 4.74 Å². The van der Waals surface area contributed by atoms with Gasteiger partial charge in [0.05, 0.1) is 24.9 Å². The van der Waals surface area contributed by atoms with Gasteiger partial charge in [0.15, 0.2) is 11.4 Å². The van der Waals surface area contributed by atoms with Crippen molar-refractivity contribution in [3.05, 3.63) is 124 Å². The summed E-state index contributed by atoms with van der Waals surface area (Å²) in [4.78, 5) is 39.8. The van der Waals surface area contributed by atoms with Crippen molar-refractivity contribution in [3.8, 4) is 5.75 Å². The number of fused-ring (bicyclic) bond motifs is 1. The topological polar surface area (TPSA) is 104 Å². The zero-order chi connectivity index (χ0) is 26.8. The zero-order valence-electron chi connectivity index (χ0n) is 20.9. The molecule has 1 aromatic heterocycles. The molecule has 0 atom stereocenters. The van der Waals surface area contributed by atoms with Crippen LogP contribution in [0.2, 0.25) is 0 Å². The Morgan fingerprint density at radius 1 is 0.947 bits per heavy atom. The number of benzene rings is 3. The van der Waals surface area contributed by atoms with E-state index in [2.05, 4.69) is 5.32 Å². The summed E-state index contributed by atoms with van der Waals surface area (Å²) in [7, 11) is 2.91. The molecule has 9 nitrogen and oxygen atoms in total. The second kappa shape index (κ2) is 10.1. The molecular weight excluding hydrogens is 484 g/mol. The predicted octanol–water partition coefficient (Wildman–Crippen LogP) is 3.85. The summed E-state index contributed by atoms with van der Waals surface area (Å²) in [5.41, 5.74) is 1.84. The van der Waals surface area contributed by atoms with Crippen molar-refractivity contribution in [3.63, 3.8) is 0 Å². The summed E-state index contributed by atoms with van der Waals surface area (Å²) in [5.74, 6) is -1.66. The predicted molar refractivity (Wildman–Crippen MR) is 143 cm³/mol. The first-order chi connectivity index (χ1) is 18.4. The SMILES string of the molecule is COC(=O)c1cccc(Nc2cn3c(c(O)c2=O)C(=O)N(C)CN3C(c2ccccc2)c2ccccc2)c1. The fourth-order valence-electron chi connectivity index (χ4n) is 4.62. The minimum Gasteiger partial charge on any atom is -0.502 e. The van der Waals surface area contributed by atoms with Crippen LogP contribution in [0.5, 0.6) is 5.75 Å². The molecule has 38 heavy (non-hydrogen) atoms. The van der Waals surface area contributed by atoms with Gasteiger partial charge in [-0.05, 0) is 29.3 Å². The number of carbonyl (C=O) groups is 2. The lowest BCUT2D eigenvalue weighted by atomic mass is 9.98. The minimum atomic E-state index is -0.737. The van der Waals surface area contributed by atoms with E-state index < -0.39 is 23.1 Å². The van der Waals surface area contributed by atoms with Crippen LogP contribution in [0.15, 0.2) is 95.9 Å². The number of nitrogens with zero attached hydrogens (tertiary/aromatic N) is 3. The van der Waals surface area contributed by atoms with Crippen molar-refractivity contribution in [2.45, 2.75) is 6.04 Å². The first-order valence-electron chi connectivity index (χ1n) is 12.0. The lowest BCUT2D eigenvalue weighted by Gasteiger charge is -2.43. The summed E-state index contributed by atoms with van der Waals surface area (Å²) >= 11 is 0. The number of rotatable bonds is 6. The fraction of sp³-hybridized carbons (Fsp3) is 0.138. The minimum absolute atomic E-state index is 0.0375. The van der Waals surface area contributed by atoms with Gasteiger partial charge in [-0.15, -0.1) is 0 Å². The van der Waals surface area contributed by atoms with Crippen molar-refractivity contribution < 1.29 is 19.4 Å². The van der Waals surface area contributed by atoms with Gasteiger partial charge in [0.1, 0.15) is 12.4 Å².